The van der Waals surface area contributed by atoms with E-state index in [1.54, 1.807) is 0 Å². The number of pyridine rings is 1. The molecule has 90 valence electrons. The van der Waals surface area contributed by atoms with Gasteiger partial charge in [0.15, 0.2) is 0 Å². The molecule has 0 atom stereocenters. The Morgan fingerprint density at radius 2 is 2.29 bits per heavy atom. The van der Waals surface area contributed by atoms with Crippen molar-refractivity contribution in [1.82, 2.24) is 9.38 Å². The van der Waals surface area contributed by atoms with Gasteiger partial charge in [-0.15, -0.1) is 0 Å². The summed E-state index contributed by atoms with van der Waals surface area (Å²) in [5.41, 5.74) is 0.963. The second-order valence-electron chi connectivity index (χ2n) is 4.54. The predicted molar refractivity (Wildman–Crippen MR) is 67.3 cm³/mol. The first-order valence-corrected chi connectivity index (χ1v) is 6.20. The third kappa shape index (κ3) is 1.78. The second kappa shape index (κ2) is 4.37. The molecule has 0 saturated heterocycles. The minimum absolute atomic E-state index is 0.196. The Morgan fingerprint density at radius 1 is 1.41 bits per heavy atom. The molecule has 0 bridgehead atoms. The summed E-state index contributed by atoms with van der Waals surface area (Å²) >= 11 is 0. The average Bonchev–Trinajstić information content (AvgIpc) is 2.73. The second-order valence-corrected chi connectivity index (χ2v) is 4.54. The molecule has 0 aliphatic heterocycles. The lowest BCUT2D eigenvalue weighted by molar-refractivity contribution is 0.282. The Bertz CT molecular complexity index is 504. The van der Waals surface area contributed by atoms with E-state index in [0.29, 0.717) is 12.6 Å². The molecule has 1 aliphatic carbocycles. The summed E-state index contributed by atoms with van der Waals surface area (Å²) in [5.74, 6) is 1.14. The van der Waals surface area contributed by atoms with E-state index in [0.717, 1.165) is 11.5 Å². The Hall–Kier alpha value is -1.55. The molecular formula is C13H17N3O. The molecule has 0 radical (unpaired) electrons. The Kier molecular flexibility index (Phi) is 2.73. The van der Waals surface area contributed by atoms with E-state index in [2.05, 4.69) is 20.4 Å². The third-order valence-corrected chi connectivity index (χ3v) is 3.56. The van der Waals surface area contributed by atoms with E-state index < -0.39 is 0 Å². The van der Waals surface area contributed by atoms with Crippen LogP contribution in [0.4, 0.5) is 5.82 Å². The summed E-state index contributed by atoms with van der Waals surface area (Å²) in [6.45, 7) is 0.892. The van der Waals surface area contributed by atoms with Crippen LogP contribution in [0.1, 0.15) is 19.3 Å². The lowest BCUT2D eigenvalue weighted by Gasteiger charge is -2.39. The number of nitrogens with zero attached hydrogens (tertiary/aromatic N) is 3. The summed E-state index contributed by atoms with van der Waals surface area (Å²) in [7, 11) is 0. The number of aliphatic hydroxyl groups excluding tert-OH is 1. The summed E-state index contributed by atoms with van der Waals surface area (Å²) in [6, 6.07) is 6.71. The summed E-state index contributed by atoms with van der Waals surface area (Å²) in [4.78, 5) is 6.60. The van der Waals surface area contributed by atoms with Gasteiger partial charge in [-0.3, -0.25) is 4.40 Å². The third-order valence-electron chi connectivity index (χ3n) is 3.56. The molecule has 2 heterocycles. The fourth-order valence-electron chi connectivity index (χ4n) is 2.46. The van der Waals surface area contributed by atoms with Crippen LogP contribution >= 0.6 is 0 Å². The molecule has 4 heteroatoms. The largest absolute Gasteiger partial charge is 0.395 e. The van der Waals surface area contributed by atoms with E-state index in [1.165, 1.54) is 19.3 Å². The molecule has 2 aromatic heterocycles. The molecule has 0 aromatic carbocycles. The smallest absolute Gasteiger partial charge is 0.138 e. The molecule has 1 N–H and O–H groups in total. The van der Waals surface area contributed by atoms with Crippen LogP contribution in [0.15, 0.2) is 30.6 Å². The van der Waals surface area contributed by atoms with E-state index in [4.69, 9.17) is 0 Å². The van der Waals surface area contributed by atoms with E-state index in [9.17, 15) is 5.11 Å². The van der Waals surface area contributed by atoms with Gasteiger partial charge in [-0.1, -0.05) is 6.07 Å². The van der Waals surface area contributed by atoms with Gasteiger partial charge in [0, 0.05) is 25.0 Å². The molecule has 17 heavy (non-hydrogen) atoms. The van der Waals surface area contributed by atoms with Crippen molar-refractivity contribution < 1.29 is 5.11 Å². The van der Waals surface area contributed by atoms with Crippen LogP contribution in [0.5, 0.6) is 0 Å². The molecule has 0 spiro atoms. The number of aromatic nitrogens is 2. The van der Waals surface area contributed by atoms with Gasteiger partial charge in [-0.05, 0) is 31.4 Å². The van der Waals surface area contributed by atoms with E-state index in [1.807, 2.05) is 24.5 Å². The van der Waals surface area contributed by atoms with Crippen LogP contribution < -0.4 is 4.90 Å². The molecule has 2 aromatic rings. The van der Waals surface area contributed by atoms with Gasteiger partial charge < -0.3 is 10.0 Å². The van der Waals surface area contributed by atoms with E-state index in [-0.39, 0.29) is 6.61 Å². The van der Waals surface area contributed by atoms with Crippen molar-refractivity contribution >= 4 is 11.5 Å². The van der Waals surface area contributed by atoms with Crippen molar-refractivity contribution in [2.24, 2.45) is 0 Å². The van der Waals surface area contributed by atoms with Crippen LogP contribution in [0.2, 0.25) is 0 Å². The highest BCUT2D eigenvalue weighted by atomic mass is 16.3. The maximum Gasteiger partial charge on any atom is 0.138 e. The number of hydrogen-bond donors (Lipinski definition) is 1. The topological polar surface area (TPSA) is 40.8 Å². The summed E-state index contributed by atoms with van der Waals surface area (Å²) in [5, 5.41) is 9.22. The van der Waals surface area contributed by atoms with Crippen molar-refractivity contribution in [1.29, 1.82) is 0 Å². The van der Waals surface area contributed by atoms with Gasteiger partial charge in [0.25, 0.3) is 0 Å². The lowest BCUT2D eigenvalue weighted by Crippen LogP contribution is -2.42. The van der Waals surface area contributed by atoms with Crippen molar-refractivity contribution in [2.75, 3.05) is 18.1 Å². The van der Waals surface area contributed by atoms with Gasteiger partial charge in [0.2, 0.25) is 0 Å². The van der Waals surface area contributed by atoms with Crippen LogP contribution in [-0.4, -0.2) is 33.7 Å². The van der Waals surface area contributed by atoms with Gasteiger partial charge in [0.1, 0.15) is 11.5 Å². The summed E-state index contributed by atoms with van der Waals surface area (Å²) in [6.07, 6.45) is 7.55. The lowest BCUT2D eigenvalue weighted by atomic mass is 9.91. The highest BCUT2D eigenvalue weighted by Crippen LogP contribution is 2.29. The first kappa shape index (κ1) is 10.6. The maximum atomic E-state index is 9.22. The van der Waals surface area contributed by atoms with Crippen LogP contribution in [-0.2, 0) is 0 Å². The number of rotatable bonds is 4. The molecule has 1 aliphatic rings. The molecular weight excluding hydrogens is 214 g/mol. The average molecular weight is 231 g/mol. The standard InChI is InChI=1S/C13H17N3O/c17-10-9-15(11-3-1-4-11)13-6-2-5-12-14-7-8-16(12)13/h2,5-8,11,17H,1,3-4,9-10H2. The summed E-state index contributed by atoms with van der Waals surface area (Å²) < 4.78 is 2.09. The van der Waals surface area contributed by atoms with Gasteiger partial charge >= 0.3 is 0 Å². The molecule has 1 fully saturated rings. The maximum absolute atomic E-state index is 9.22. The Morgan fingerprint density at radius 3 is 3.00 bits per heavy atom. The molecule has 3 rings (SSSR count). The van der Waals surface area contributed by atoms with Gasteiger partial charge in [0.05, 0.1) is 6.61 Å². The Labute approximate surface area is 101 Å². The van der Waals surface area contributed by atoms with E-state index >= 15 is 0 Å². The van der Waals surface area contributed by atoms with Crippen molar-refractivity contribution in [3.05, 3.63) is 30.6 Å². The minimum atomic E-state index is 0.196. The number of anilines is 1. The number of imidazole rings is 1. The fraction of sp³-hybridized carbons (Fsp3) is 0.462. The molecule has 1 saturated carbocycles. The zero-order chi connectivity index (χ0) is 11.7. The first-order chi connectivity index (χ1) is 8.40. The fourth-order valence-corrected chi connectivity index (χ4v) is 2.46. The quantitative estimate of drug-likeness (QED) is 0.870. The molecule has 0 amide bonds. The SMILES string of the molecule is OCCN(c1cccc2nccn12)C1CCC1. The Balaban J connectivity index is 2.01. The predicted octanol–water partition coefficient (Wildman–Crippen LogP) is 1.69. The van der Waals surface area contributed by atoms with Gasteiger partial charge in [-0.2, -0.15) is 0 Å². The monoisotopic (exact) mass is 231 g/mol. The number of fused-ring (bicyclic) bond motifs is 1. The van der Waals surface area contributed by atoms with Crippen LogP contribution in [0.25, 0.3) is 5.65 Å². The highest BCUT2D eigenvalue weighted by Gasteiger charge is 2.25. The first-order valence-electron chi connectivity index (χ1n) is 6.20. The number of aliphatic hydroxyl groups is 1. The molecule has 4 nitrogen and oxygen atoms in total. The van der Waals surface area contributed by atoms with Gasteiger partial charge in [-0.25, -0.2) is 4.98 Å². The van der Waals surface area contributed by atoms with Crippen LogP contribution in [0.3, 0.4) is 0 Å². The number of hydrogen-bond acceptors (Lipinski definition) is 3. The van der Waals surface area contributed by atoms with Crippen LogP contribution in [0, 0.1) is 0 Å². The van der Waals surface area contributed by atoms with Crippen molar-refractivity contribution in [3.63, 3.8) is 0 Å². The minimum Gasteiger partial charge on any atom is -0.395 e. The van der Waals surface area contributed by atoms with Crippen molar-refractivity contribution in [2.45, 2.75) is 25.3 Å². The molecule has 0 unspecified atom stereocenters. The zero-order valence-electron chi connectivity index (χ0n) is 9.79. The highest BCUT2D eigenvalue weighted by molar-refractivity contribution is 5.52. The normalized spacial score (nSPS) is 16.1. The zero-order valence-corrected chi connectivity index (χ0v) is 9.79. The van der Waals surface area contributed by atoms with Crippen molar-refractivity contribution in [3.8, 4) is 0 Å².